The van der Waals surface area contributed by atoms with E-state index in [1.165, 1.54) is 18.2 Å². The fraction of sp³-hybridized carbons (Fsp3) is 0.417. The largest absolute Gasteiger partial charge is 0.379 e. The van der Waals surface area contributed by atoms with E-state index in [0.29, 0.717) is 12.3 Å². The van der Waals surface area contributed by atoms with Crippen LogP contribution in [0.15, 0.2) is 18.2 Å². The van der Waals surface area contributed by atoms with Gasteiger partial charge in [0.2, 0.25) is 5.91 Å². The van der Waals surface area contributed by atoms with Crippen LogP contribution in [0.25, 0.3) is 0 Å². The zero-order chi connectivity index (χ0) is 14.9. The number of nitrogens with two attached hydrogens (primary N) is 1. The minimum Gasteiger partial charge on any atom is -0.379 e. The highest BCUT2D eigenvalue weighted by atomic mass is 35.5. The third-order valence-electron chi connectivity index (χ3n) is 3.44. The Bertz CT molecular complexity index is 566. The molecule has 0 spiro atoms. The number of nitro benzene ring substituents is 1. The molecule has 0 radical (unpaired) electrons. The number of benzene rings is 1. The van der Waals surface area contributed by atoms with Gasteiger partial charge >= 0.3 is 0 Å². The highest BCUT2D eigenvalue weighted by Gasteiger charge is 2.44. The van der Waals surface area contributed by atoms with Crippen molar-refractivity contribution in [3.63, 3.8) is 0 Å². The summed E-state index contributed by atoms with van der Waals surface area (Å²) in [6, 6.07) is 3.61. The van der Waals surface area contributed by atoms with Gasteiger partial charge in [-0.05, 0) is 19.1 Å². The van der Waals surface area contributed by atoms with Crippen LogP contribution < -0.4 is 11.1 Å². The number of nitrogens with zero attached hydrogens (tertiary/aromatic N) is 1. The molecule has 1 amide bonds. The fourth-order valence-corrected chi connectivity index (χ4v) is 2.18. The summed E-state index contributed by atoms with van der Waals surface area (Å²) < 4.78 is 5.20. The third kappa shape index (κ3) is 2.60. The molecule has 0 aliphatic carbocycles. The first-order valence-electron chi connectivity index (χ1n) is 5.93. The fourth-order valence-electron chi connectivity index (χ4n) is 1.93. The summed E-state index contributed by atoms with van der Waals surface area (Å²) in [7, 11) is 0. The average Bonchev–Trinajstić information content (AvgIpc) is 2.70. The van der Waals surface area contributed by atoms with E-state index in [1.54, 1.807) is 6.92 Å². The molecule has 0 bridgehead atoms. The first kappa shape index (κ1) is 14.7. The molecule has 1 saturated heterocycles. The van der Waals surface area contributed by atoms with E-state index in [-0.39, 0.29) is 23.2 Å². The Labute approximate surface area is 120 Å². The highest BCUT2D eigenvalue weighted by Crippen LogP contribution is 2.31. The van der Waals surface area contributed by atoms with Crippen LogP contribution in [0.1, 0.15) is 6.92 Å². The molecular weight excluding hydrogens is 286 g/mol. The standard InChI is InChI=1S/C12H14ClN3O4/c1-12(6-20-5-10(12)14)11(17)15-7-2-3-9(16(18)19)8(13)4-7/h2-4,10H,5-6,14H2,1H3,(H,15,17). The van der Waals surface area contributed by atoms with Gasteiger partial charge in [-0.2, -0.15) is 0 Å². The molecule has 1 aliphatic heterocycles. The van der Waals surface area contributed by atoms with E-state index in [2.05, 4.69) is 5.32 Å². The molecule has 3 N–H and O–H groups in total. The van der Waals surface area contributed by atoms with Gasteiger partial charge in [0.25, 0.3) is 5.69 Å². The average molecular weight is 300 g/mol. The van der Waals surface area contributed by atoms with Crippen molar-refractivity contribution in [2.75, 3.05) is 18.5 Å². The van der Waals surface area contributed by atoms with Crippen molar-refractivity contribution in [1.82, 2.24) is 0 Å². The Morgan fingerprint density at radius 3 is 2.85 bits per heavy atom. The third-order valence-corrected chi connectivity index (χ3v) is 3.74. The summed E-state index contributed by atoms with van der Waals surface area (Å²) in [6.45, 7) is 2.28. The van der Waals surface area contributed by atoms with Gasteiger partial charge in [-0.1, -0.05) is 11.6 Å². The topological polar surface area (TPSA) is 107 Å². The number of carbonyl (C=O) groups excluding carboxylic acids is 1. The number of rotatable bonds is 3. The first-order chi connectivity index (χ1) is 9.34. The molecule has 0 aromatic heterocycles. The number of halogens is 1. The van der Waals surface area contributed by atoms with Crippen molar-refractivity contribution < 1.29 is 14.5 Å². The number of carbonyl (C=O) groups is 1. The van der Waals surface area contributed by atoms with Crippen LogP contribution >= 0.6 is 11.6 Å². The number of amides is 1. The zero-order valence-corrected chi connectivity index (χ0v) is 11.5. The molecule has 1 aromatic rings. The second kappa shape index (κ2) is 5.35. The molecule has 0 saturated carbocycles. The normalized spacial score (nSPS) is 25.4. The zero-order valence-electron chi connectivity index (χ0n) is 10.8. The van der Waals surface area contributed by atoms with Crippen LogP contribution in [-0.4, -0.2) is 30.1 Å². The molecule has 2 atom stereocenters. The minimum atomic E-state index is -0.825. The lowest BCUT2D eigenvalue weighted by molar-refractivity contribution is -0.384. The van der Waals surface area contributed by atoms with E-state index in [9.17, 15) is 14.9 Å². The molecule has 1 heterocycles. The molecule has 2 rings (SSSR count). The van der Waals surface area contributed by atoms with Crippen molar-refractivity contribution >= 4 is 28.9 Å². The maximum Gasteiger partial charge on any atom is 0.288 e. The summed E-state index contributed by atoms with van der Waals surface area (Å²) in [6.07, 6.45) is 0. The molecule has 2 unspecified atom stereocenters. The predicted molar refractivity (Wildman–Crippen MR) is 73.6 cm³/mol. The Kier molecular flexibility index (Phi) is 3.94. The molecule has 1 fully saturated rings. The summed E-state index contributed by atoms with van der Waals surface area (Å²) in [4.78, 5) is 22.3. The minimum absolute atomic E-state index is 0.0371. The van der Waals surface area contributed by atoms with E-state index >= 15 is 0 Å². The quantitative estimate of drug-likeness (QED) is 0.650. The Hall–Kier alpha value is -1.70. The van der Waals surface area contributed by atoms with Gasteiger partial charge in [0.1, 0.15) is 5.02 Å². The maximum absolute atomic E-state index is 12.2. The van der Waals surface area contributed by atoms with Crippen LogP contribution in [0, 0.1) is 15.5 Å². The lowest BCUT2D eigenvalue weighted by Gasteiger charge is -2.25. The maximum atomic E-state index is 12.2. The Morgan fingerprint density at radius 2 is 2.35 bits per heavy atom. The van der Waals surface area contributed by atoms with Gasteiger partial charge in [-0.15, -0.1) is 0 Å². The van der Waals surface area contributed by atoms with Crippen LogP contribution in [0.4, 0.5) is 11.4 Å². The van der Waals surface area contributed by atoms with Gasteiger partial charge in [0, 0.05) is 17.8 Å². The number of hydrogen-bond acceptors (Lipinski definition) is 5. The lowest BCUT2D eigenvalue weighted by Crippen LogP contribution is -2.47. The molecule has 20 heavy (non-hydrogen) atoms. The molecule has 7 nitrogen and oxygen atoms in total. The van der Waals surface area contributed by atoms with Crippen LogP contribution in [-0.2, 0) is 9.53 Å². The molecule has 8 heteroatoms. The van der Waals surface area contributed by atoms with Gasteiger partial charge in [-0.25, -0.2) is 0 Å². The number of nitro groups is 1. The monoisotopic (exact) mass is 299 g/mol. The highest BCUT2D eigenvalue weighted by molar-refractivity contribution is 6.33. The van der Waals surface area contributed by atoms with E-state index in [1.807, 2.05) is 0 Å². The number of anilines is 1. The van der Waals surface area contributed by atoms with Crippen LogP contribution in [0.3, 0.4) is 0 Å². The second-order valence-corrected chi connectivity index (χ2v) is 5.32. The second-order valence-electron chi connectivity index (χ2n) is 4.92. The van der Waals surface area contributed by atoms with Crippen molar-refractivity contribution in [2.24, 2.45) is 11.1 Å². The van der Waals surface area contributed by atoms with Gasteiger partial charge in [0.05, 0.1) is 23.6 Å². The first-order valence-corrected chi connectivity index (χ1v) is 6.31. The molecule has 1 aliphatic rings. The Morgan fingerprint density at radius 1 is 1.65 bits per heavy atom. The summed E-state index contributed by atoms with van der Waals surface area (Å²) in [5.41, 5.74) is 5.20. The van der Waals surface area contributed by atoms with Gasteiger partial charge in [0.15, 0.2) is 0 Å². The van der Waals surface area contributed by atoms with Crippen LogP contribution in [0.5, 0.6) is 0 Å². The predicted octanol–water partition coefficient (Wildman–Crippen LogP) is 1.55. The van der Waals surface area contributed by atoms with Crippen molar-refractivity contribution in [2.45, 2.75) is 13.0 Å². The smallest absolute Gasteiger partial charge is 0.288 e. The SMILES string of the molecule is CC1(C(=O)Nc2ccc([N+](=O)[O-])c(Cl)c2)COCC1N. The molecule has 108 valence electrons. The van der Waals surface area contributed by atoms with E-state index in [4.69, 9.17) is 22.1 Å². The molecular formula is C12H14ClN3O4. The van der Waals surface area contributed by atoms with Crippen molar-refractivity contribution in [3.8, 4) is 0 Å². The van der Waals surface area contributed by atoms with Gasteiger partial charge in [-0.3, -0.25) is 14.9 Å². The van der Waals surface area contributed by atoms with E-state index in [0.717, 1.165) is 0 Å². The summed E-state index contributed by atoms with van der Waals surface area (Å²) >= 11 is 5.79. The van der Waals surface area contributed by atoms with Gasteiger partial charge < -0.3 is 15.8 Å². The molecule has 1 aromatic carbocycles. The number of hydrogen-bond donors (Lipinski definition) is 2. The number of nitrogens with one attached hydrogen (secondary N) is 1. The van der Waals surface area contributed by atoms with Crippen molar-refractivity contribution in [1.29, 1.82) is 0 Å². The Balaban J connectivity index is 2.16. The van der Waals surface area contributed by atoms with Crippen molar-refractivity contribution in [3.05, 3.63) is 33.3 Å². The summed E-state index contributed by atoms with van der Waals surface area (Å²) in [5.74, 6) is -0.299. The number of ether oxygens (including phenoxy) is 1. The van der Waals surface area contributed by atoms with E-state index < -0.39 is 16.4 Å². The van der Waals surface area contributed by atoms with Crippen LogP contribution in [0.2, 0.25) is 5.02 Å². The lowest BCUT2D eigenvalue weighted by atomic mass is 9.85. The summed E-state index contributed by atoms with van der Waals surface area (Å²) in [5, 5.41) is 13.3.